The Bertz CT molecular complexity index is 508. The fourth-order valence-corrected chi connectivity index (χ4v) is 2.24. The number of aromatic nitrogens is 2. The number of nitrogens with zero attached hydrogens (tertiary/aromatic N) is 1. The normalized spacial score (nSPS) is 12.6. The van der Waals surface area contributed by atoms with Gasteiger partial charge in [0, 0.05) is 24.9 Å². The molecule has 1 heterocycles. The van der Waals surface area contributed by atoms with Crippen LogP contribution in [0, 0.1) is 12.7 Å². The minimum Gasteiger partial charge on any atom is -0.349 e. The molecule has 3 nitrogen and oxygen atoms in total. The molecule has 1 atom stereocenters. The van der Waals surface area contributed by atoms with Gasteiger partial charge in [-0.3, -0.25) is 0 Å². The van der Waals surface area contributed by atoms with Crippen molar-refractivity contribution in [2.45, 2.75) is 32.7 Å². The topological polar surface area (TPSA) is 40.7 Å². The van der Waals surface area contributed by atoms with Crippen LogP contribution in [0.15, 0.2) is 30.6 Å². The number of hydrogen-bond donors (Lipinski definition) is 2. The van der Waals surface area contributed by atoms with E-state index in [1.54, 1.807) is 12.3 Å². The van der Waals surface area contributed by atoms with Crippen molar-refractivity contribution in [2.75, 3.05) is 6.54 Å². The van der Waals surface area contributed by atoms with E-state index < -0.39 is 0 Å². The Morgan fingerprint density at radius 1 is 1.42 bits per heavy atom. The SMILES string of the molecule is CCCNC(Cc1ncc[nH]1)c1ccc(F)cc1C. The Balaban J connectivity index is 2.20. The number of nitrogens with one attached hydrogen (secondary N) is 2. The third-order valence-corrected chi connectivity index (χ3v) is 3.20. The van der Waals surface area contributed by atoms with Crippen molar-refractivity contribution in [2.24, 2.45) is 0 Å². The number of aromatic amines is 1. The van der Waals surface area contributed by atoms with E-state index in [1.165, 1.54) is 6.07 Å². The largest absolute Gasteiger partial charge is 0.349 e. The number of halogens is 1. The molecular weight excluding hydrogens is 241 g/mol. The number of imidazole rings is 1. The molecule has 1 aromatic carbocycles. The van der Waals surface area contributed by atoms with Gasteiger partial charge in [-0.1, -0.05) is 13.0 Å². The molecule has 0 bridgehead atoms. The lowest BCUT2D eigenvalue weighted by atomic mass is 9.98. The molecule has 0 aliphatic heterocycles. The average Bonchev–Trinajstić information content (AvgIpc) is 2.88. The van der Waals surface area contributed by atoms with E-state index >= 15 is 0 Å². The predicted octanol–water partition coefficient (Wildman–Crippen LogP) is 3.14. The molecule has 1 aromatic heterocycles. The lowest BCUT2D eigenvalue weighted by molar-refractivity contribution is 0.516. The number of hydrogen-bond acceptors (Lipinski definition) is 2. The van der Waals surface area contributed by atoms with Crippen molar-refractivity contribution in [3.63, 3.8) is 0 Å². The summed E-state index contributed by atoms with van der Waals surface area (Å²) in [7, 11) is 0. The van der Waals surface area contributed by atoms with E-state index in [4.69, 9.17) is 0 Å². The maximum absolute atomic E-state index is 13.2. The van der Waals surface area contributed by atoms with Gasteiger partial charge in [0.1, 0.15) is 11.6 Å². The maximum atomic E-state index is 13.2. The zero-order valence-electron chi connectivity index (χ0n) is 11.4. The van der Waals surface area contributed by atoms with Gasteiger partial charge in [-0.2, -0.15) is 0 Å². The molecule has 19 heavy (non-hydrogen) atoms. The molecule has 0 spiro atoms. The van der Waals surface area contributed by atoms with Crippen LogP contribution in [0.2, 0.25) is 0 Å². The summed E-state index contributed by atoms with van der Waals surface area (Å²) in [6.07, 6.45) is 5.42. The third kappa shape index (κ3) is 3.64. The molecule has 0 aliphatic rings. The number of benzene rings is 1. The lowest BCUT2D eigenvalue weighted by Crippen LogP contribution is -2.25. The van der Waals surface area contributed by atoms with Gasteiger partial charge in [-0.25, -0.2) is 9.37 Å². The lowest BCUT2D eigenvalue weighted by Gasteiger charge is -2.20. The maximum Gasteiger partial charge on any atom is 0.123 e. The number of rotatable bonds is 6. The Labute approximate surface area is 113 Å². The summed E-state index contributed by atoms with van der Waals surface area (Å²) in [5, 5.41) is 3.50. The van der Waals surface area contributed by atoms with Crippen LogP contribution in [-0.2, 0) is 6.42 Å². The van der Waals surface area contributed by atoms with E-state index in [2.05, 4.69) is 22.2 Å². The van der Waals surface area contributed by atoms with Gasteiger partial charge in [0.2, 0.25) is 0 Å². The molecule has 2 N–H and O–H groups in total. The highest BCUT2D eigenvalue weighted by molar-refractivity contribution is 5.30. The van der Waals surface area contributed by atoms with Gasteiger partial charge in [-0.15, -0.1) is 0 Å². The van der Waals surface area contributed by atoms with Crippen LogP contribution >= 0.6 is 0 Å². The highest BCUT2D eigenvalue weighted by atomic mass is 19.1. The Hall–Kier alpha value is -1.68. The molecule has 102 valence electrons. The van der Waals surface area contributed by atoms with Crippen molar-refractivity contribution in [1.82, 2.24) is 15.3 Å². The molecule has 4 heteroatoms. The van der Waals surface area contributed by atoms with Crippen LogP contribution in [0.5, 0.6) is 0 Å². The fourth-order valence-electron chi connectivity index (χ4n) is 2.24. The zero-order chi connectivity index (χ0) is 13.7. The fraction of sp³-hybridized carbons (Fsp3) is 0.400. The first-order valence-corrected chi connectivity index (χ1v) is 6.68. The van der Waals surface area contributed by atoms with Crippen LogP contribution in [0.3, 0.4) is 0 Å². The Kier molecular flexibility index (Phi) is 4.68. The molecule has 0 saturated heterocycles. The summed E-state index contributed by atoms with van der Waals surface area (Å²) in [4.78, 5) is 7.39. The van der Waals surface area contributed by atoms with Gasteiger partial charge in [0.25, 0.3) is 0 Å². The summed E-state index contributed by atoms with van der Waals surface area (Å²) >= 11 is 0. The highest BCUT2D eigenvalue weighted by Crippen LogP contribution is 2.21. The summed E-state index contributed by atoms with van der Waals surface area (Å²) in [5.41, 5.74) is 2.10. The van der Waals surface area contributed by atoms with E-state index in [0.717, 1.165) is 36.3 Å². The molecule has 0 radical (unpaired) electrons. The molecule has 0 aliphatic carbocycles. The quantitative estimate of drug-likeness (QED) is 0.838. The van der Waals surface area contributed by atoms with Gasteiger partial charge in [-0.05, 0) is 43.1 Å². The molecule has 0 amide bonds. The van der Waals surface area contributed by atoms with Crippen LogP contribution < -0.4 is 5.32 Å². The summed E-state index contributed by atoms with van der Waals surface area (Å²) in [6, 6.07) is 5.12. The molecule has 1 unspecified atom stereocenters. The monoisotopic (exact) mass is 261 g/mol. The van der Waals surface area contributed by atoms with Crippen LogP contribution in [0.1, 0.15) is 36.3 Å². The van der Waals surface area contributed by atoms with Gasteiger partial charge >= 0.3 is 0 Å². The minimum absolute atomic E-state index is 0.159. The average molecular weight is 261 g/mol. The Morgan fingerprint density at radius 2 is 2.26 bits per heavy atom. The summed E-state index contributed by atoms with van der Waals surface area (Å²) < 4.78 is 13.2. The van der Waals surface area contributed by atoms with E-state index in [1.807, 2.05) is 19.2 Å². The zero-order valence-corrected chi connectivity index (χ0v) is 11.4. The predicted molar refractivity (Wildman–Crippen MR) is 74.5 cm³/mol. The summed E-state index contributed by atoms with van der Waals surface area (Å²) in [5.74, 6) is 0.755. The van der Waals surface area contributed by atoms with Gasteiger partial charge in [0.15, 0.2) is 0 Å². The molecule has 2 rings (SSSR count). The van der Waals surface area contributed by atoms with Crippen LogP contribution in [-0.4, -0.2) is 16.5 Å². The van der Waals surface area contributed by atoms with Gasteiger partial charge in [0.05, 0.1) is 0 Å². The second-order valence-corrected chi connectivity index (χ2v) is 4.75. The highest BCUT2D eigenvalue weighted by Gasteiger charge is 2.15. The van der Waals surface area contributed by atoms with E-state index in [-0.39, 0.29) is 11.9 Å². The number of H-pyrrole nitrogens is 1. The molecule has 0 fully saturated rings. The van der Waals surface area contributed by atoms with E-state index in [0.29, 0.717) is 0 Å². The standard InChI is InChI=1S/C15H20FN3/c1-3-6-17-14(10-15-18-7-8-19-15)13-5-4-12(16)9-11(13)2/h4-5,7-9,14,17H,3,6,10H2,1-2H3,(H,18,19). The third-order valence-electron chi connectivity index (χ3n) is 3.20. The second kappa shape index (κ2) is 6.48. The minimum atomic E-state index is -0.187. The molecular formula is C15H20FN3. The van der Waals surface area contributed by atoms with Crippen molar-refractivity contribution in [1.29, 1.82) is 0 Å². The summed E-state index contributed by atoms with van der Waals surface area (Å²) in [6.45, 7) is 5.01. The number of aryl methyl sites for hydroxylation is 1. The first kappa shape index (κ1) is 13.7. The van der Waals surface area contributed by atoms with Crippen molar-refractivity contribution in [3.8, 4) is 0 Å². The molecule has 2 aromatic rings. The van der Waals surface area contributed by atoms with Crippen LogP contribution in [0.4, 0.5) is 4.39 Å². The van der Waals surface area contributed by atoms with Crippen molar-refractivity contribution < 1.29 is 4.39 Å². The Morgan fingerprint density at radius 3 is 2.89 bits per heavy atom. The first-order chi connectivity index (χ1) is 9.20. The second-order valence-electron chi connectivity index (χ2n) is 4.75. The van der Waals surface area contributed by atoms with Crippen LogP contribution in [0.25, 0.3) is 0 Å². The smallest absolute Gasteiger partial charge is 0.123 e. The van der Waals surface area contributed by atoms with E-state index in [9.17, 15) is 4.39 Å². The molecule has 0 saturated carbocycles. The van der Waals surface area contributed by atoms with Gasteiger partial charge < -0.3 is 10.3 Å². The van der Waals surface area contributed by atoms with Crippen molar-refractivity contribution >= 4 is 0 Å². The first-order valence-electron chi connectivity index (χ1n) is 6.68. The van der Waals surface area contributed by atoms with Crippen molar-refractivity contribution in [3.05, 3.63) is 53.4 Å².